The molecule has 0 aliphatic heterocycles. The molecule has 1 aromatic carbocycles. The van der Waals surface area contributed by atoms with Crippen LogP contribution in [0.3, 0.4) is 0 Å². The van der Waals surface area contributed by atoms with E-state index in [0.717, 1.165) is 0 Å². The van der Waals surface area contributed by atoms with E-state index in [2.05, 4.69) is 15.0 Å². The van der Waals surface area contributed by atoms with Gasteiger partial charge in [0.15, 0.2) is 0 Å². The molecule has 0 saturated carbocycles. The number of benzene rings is 1. The average Bonchev–Trinajstić information content (AvgIpc) is 2.54. The molecule has 3 rings (SSSR count). The Kier molecular flexibility index (Phi) is 3.76. The first-order valence-corrected chi connectivity index (χ1v) is 6.74. The van der Waals surface area contributed by atoms with Crippen molar-refractivity contribution in [3.05, 3.63) is 58.8 Å². The molecule has 116 valence electrons. The maximum Gasteiger partial charge on any atom is 0.260 e. The summed E-state index contributed by atoms with van der Waals surface area (Å²) in [4.78, 5) is 23.0. The second kappa shape index (κ2) is 5.88. The van der Waals surface area contributed by atoms with Crippen molar-refractivity contribution in [2.75, 3.05) is 12.8 Å². The van der Waals surface area contributed by atoms with E-state index in [4.69, 9.17) is 10.5 Å². The Morgan fingerprint density at radius 2 is 2.04 bits per heavy atom. The molecule has 0 spiro atoms. The van der Waals surface area contributed by atoms with Gasteiger partial charge >= 0.3 is 0 Å². The molecule has 0 radical (unpaired) electrons. The number of nitrogens with one attached hydrogen (secondary N) is 1. The second-order valence-corrected chi connectivity index (χ2v) is 4.77. The number of hydrogen-bond donors (Lipinski definition) is 2. The van der Waals surface area contributed by atoms with E-state index < -0.39 is 11.4 Å². The van der Waals surface area contributed by atoms with Crippen LogP contribution < -0.4 is 16.0 Å². The maximum absolute atomic E-state index is 13.5. The first-order valence-electron chi connectivity index (χ1n) is 6.74. The third kappa shape index (κ3) is 2.89. The summed E-state index contributed by atoms with van der Waals surface area (Å²) in [5, 5.41) is 0. The molecule has 23 heavy (non-hydrogen) atoms. The Bertz CT molecular complexity index is 907. The van der Waals surface area contributed by atoms with Gasteiger partial charge in [-0.15, -0.1) is 0 Å². The fourth-order valence-corrected chi connectivity index (χ4v) is 2.25. The van der Waals surface area contributed by atoms with Crippen molar-refractivity contribution in [2.45, 2.75) is 0 Å². The predicted molar refractivity (Wildman–Crippen MR) is 84.4 cm³/mol. The predicted octanol–water partition coefficient (Wildman–Crippen LogP) is 2.23. The van der Waals surface area contributed by atoms with Gasteiger partial charge in [-0.2, -0.15) is 0 Å². The van der Waals surface area contributed by atoms with E-state index in [-0.39, 0.29) is 17.2 Å². The van der Waals surface area contributed by atoms with Crippen LogP contribution in [0.1, 0.15) is 0 Å². The first kappa shape index (κ1) is 14.7. The minimum Gasteiger partial charge on any atom is -0.481 e. The van der Waals surface area contributed by atoms with Crippen molar-refractivity contribution >= 4 is 5.95 Å². The number of H-pyrrole nitrogens is 1. The lowest BCUT2D eigenvalue weighted by molar-refractivity contribution is 0.398. The van der Waals surface area contributed by atoms with Gasteiger partial charge in [0.05, 0.1) is 18.4 Å². The van der Waals surface area contributed by atoms with Gasteiger partial charge in [0.1, 0.15) is 5.82 Å². The monoisotopic (exact) mass is 312 g/mol. The first-order chi connectivity index (χ1) is 11.1. The highest BCUT2D eigenvalue weighted by atomic mass is 19.1. The number of nitrogens with zero attached hydrogens (tertiary/aromatic N) is 2. The average molecular weight is 312 g/mol. The molecule has 3 N–H and O–H groups in total. The van der Waals surface area contributed by atoms with Gasteiger partial charge < -0.3 is 10.5 Å². The van der Waals surface area contributed by atoms with Crippen molar-refractivity contribution < 1.29 is 9.13 Å². The summed E-state index contributed by atoms with van der Waals surface area (Å²) in [5.74, 6) is -0.0534. The van der Waals surface area contributed by atoms with Crippen molar-refractivity contribution in [3.63, 3.8) is 0 Å². The number of nitrogens with two attached hydrogens (primary N) is 1. The summed E-state index contributed by atoms with van der Waals surface area (Å²) < 4.78 is 18.5. The standard InChI is InChI=1S/C16H13FN4O2/c1-23-12-6-5-10(8-19-12)13-14(20-16(18)21-15(13)22)9-3-2-4-11(17)7-9/h2-8H,1H3,(H3,18,20,21,22). The highest BCUT2D eigenvalue weighted by Crippen LogP contribution is 2.28. The highest BCUT2D eigenvalue weighted by Gasteiger charge is 2.15. The van der Waals surface area contributed by atoms with Crippen LogP contribution >= 0.6 is 0 Å². The number of hydrogen-bond acceptors (Lipinski definition) is 5. The van der Waals surface area contributed by atoms with Crippen molar-refractivity contribution in [3.8, 4) is 28.3 Å². The van der Waals surface area contributed by atoms with E-state index in [1.54, 1.807) is 24.3 Å². The maximum atomic E-state index is 13.5. The second-order valence-electron chi connectivity index (χ2n) is 4.77. The van der Waals surface area contributed by atoms with Crippen LogP contribution in [0.15, 0.2) is 47.4 Å². The Hall–Kier alpha value is -3.22. The molecule has 0 atom stereocenters. The zero-order valence-corrected chi connectivity index (χ0v) is 12.2. The zero-order valence-electron chi connectivity index (χ0n) is 12.2. The number of anilines is 1. The van der Waals surface area contributed by atoms with Gasteiger partial charge in [0, 0.05) is 23.4 Å². The van der Waals surface area contributed by atoms with Crippen molar-refractivity contribution in [1.29, 1.82) is 0 Å². The SMILES string of the molecule is COc1ccc(-c2c(-c3cccc(F)c3)nc(N)[nH]c2=O)cn1. The van der Waals surface area contributed by atoms with Gasteiger partial charge in [0.2, 0.25) is 11.8 Å². The molecule has 6 nitrogen and oxygen atoms in total. The van der Waals surface area contributed by atoms with Crippen LogP contribution in [-0.2, 0) is 0 Å². The summed E-state index contributed by atoms with van der Waals surface area (Å²) in [6, 6.07) is 9.11. The number of nitrogen functional groups attached to an aromatic ring is 1. The van der Waals surface area contributed by atoms with E-state index in [9.17, 15) is 9.18 Å². The molecular weight excluding hydrogens is 299 g/mol. The minimum absolute atomic E-state index is 0.0421. The number of aromatic nitrogens is 3. The van der Waals surface area contributed by atoms with Crippen LogP contribution in [0.4, 0.5) is 10.3 Å². The Balaban J connectivity index is 2.25. The minimum atomic E-state index is -0.429. The third-order valence-corrected chi connectivity index (χ3v) is 3.27. The number of ether oxygens (including phenoxy) is 1. The molecule has 0 unspecified atom stereocenters. The number of rotatable bonds is 3. The molecular formula is C16H13FN4O2. The molecule has 2 heterocycles. The van der Waals surface area contributed by atoms with Gasteiger partial charge in [-0.1, -0.05) is 12.1 Å². The third-order valence-electron chi connectivity index (χ3n) is 3.27. The number of aromatic amines is 1. The summed E-state index contributed by atoms with van der Waals surface area (Å²) in [6.45, 7) is 0. The number of pyridine rings is 1. The lowest BCUT2D eigenvalue weighted by Gasteiger charge is -2.09. The Morgan fingerprint density at radius 1 is 1.22 bits per heavy atom. The summed E-state index contributed by atoms with van der Waals surface area (Å²) in [5.41, 5.74) is 6.74. The van der Waals surface area contributed by atoms with Crippen LogP contribution in [-0.4, -0.2) is 22.1 Å². The van der Waals surface area contributed by atoms with Crippen LogP contribution in [0.2, 0.25) is 0 Å². The number of methoxy groups -OCH3 is 1. The molecule has 0 fully saturated rings. The van der Waals surface area contributed by atoms with Gasteiger partial charge in [-0.25, -0.2) is 14.4 Å². The van der Waals surface area contributed by atoms with E-state index in [1.807, 2.05) is 0 Å². The fourth-order valence-electron chi connectivity index (χ4n) is 2.25. The molecule has 2 aromatic heterocycles. The fraction of sp³-hybridized carbons (Fsp3) is 0.0625. The normalized spacial score (nSPS) is 10.5. The summed E-state index contributed by atoms with van der Waals surface area (Å²) in [6.07, 6.45) is 1.49. The highest BCUT2D eigenvalue weighted by molar-refractivity contribution is 5.80. The molecule has 3 aromatic rings. The summed E-state index contributed by atoms with van der Waals surface area (Å²) >= 11 is 0. The van der Waals surface area contributed by atoms with Crippen LogP contribution in [0.25, 0.3) is 22.4 Å². The number of halogens is 1. The molecule has 0 aliphatic carbocycles. The lowest BCUT2D eigenvalue weighted by atomic mass is 10.0. The Morgan fingerprint density at radius 3 is 2.70 bits per heavy atom. The topological polar surface area (TPSA) is 93.9 Å². The zero-order chi connectivity index (χ0) is 16.4. The van der Waals surface area contributed by atoms with Crippen molar-refractivity contribution in [2.24, 2.45) is 0 Å². The van der Waals surface area contributed by atoms with E-state index in [0.29, 0.717) is 17.0 Å². The molecule has 7 heteroatoms. The molecule has 0 bridgehead atoms. The van der Waals surface area contributed by atoms with Gasteiger partial charge in [-0.3, -0.25) is 9.78 Å². The lowest BCUT2D eigenvalue weighted by Crippen LogP contribution is -2.15. The quantitative estimate of drug-likeness (QED) is 0.773. The Labute approximate surface area is 130 Å². The molecule has 0 saturated heterocycles. The van der Waals surface area contributed by atoms with Crippen LogP contribution in [0.5, 0.6) is 5.88 Å². The molecule has 0 aliphatic rings. The van der Waals surface area contributed by atoms with Gasteiger partial charge in [0.25, 0.3) is 5.56 Å². The largest absolute Gasteiger partial charge is 0.481 e. The van der Waals surface area contributed by atoms with Crippen molar-refractivity contribution in [1.82, 2.24) is 15.0 Å². The molecule has 0 amide bonds. The van der Waals surface area contributed by atoms with E-state index >= 15 is 0 Å². The smallest absolute Gasteiger partial charge is 0.260 e. The van der Waals surface area contributed by atoms with Gasteiger partial charge in [-0.05, 0) is 18.2 Å². The van der Waals surface area contributed by atoms with E-state index in [1.165, 1.54) is 25.4 Å². The summed E-state index contributed by atoms with van der Waals surface area (Å²) in [7, 11) is 1.50. The van der Waals surface area contributed by atoms with Crippen LogP contribution in [0, 0.1) is 5.82 Å².